The van der Waals surface area contributed by atoms with E-state index in [1.165, 1.54) is 30.4 Å². The Balaban J connectivity index is 2.45. The van der Waals surface area contributed by atoms with Crippen LogP contribution in [0.15, 0.2) is 36.6 Å². The van der Waals surface area contributed by atoms with Crippen LogP contribution in [0.3, 0.4) is 0 Å². The number of ether oxygens (including phenoxy) is 1. The van der Waals surface area contributed by atoms with E-state index in [-0.39, 0.29) is 0 Å². The van der Waals surface area contributed by atoms with Crippen LogP contribution in [0, 0.1) is 0 Å². The lowest BCUT2D eigenvalue weighted by Gasteiger charge is -2.01. The molecular weight excluding hydrogens is 184 g/mol. The summed E-state index contributed by atoms with van der Waals surface area (Å²) in [5.41, 5.74) is 2.78. The van der Waals surface area contributed by atoms with Crippen molar-refractivity contribution in [2.24, 2.45) is 0 Å². The van der Waals surface area contributed by atoms with Gasteiger partial charge in [0.05, 0.1) is 13.4 Å². The second-order valence-electron chi connectivity index (χ2n) is 3.73. The van der Waals surface area contributed by atoms with Crippen molar-refractivity contribution in [3.8, 4) is 0 Å². The average Bonchev–Trinajstić information content (AvgIpc) is 2.28. The number of hydrogen-bond acceptors (Lipinski definition) is 1. The molecule has 82 valence electrons. The molecule has 0 heterocycles. The Kier molecular flexibility index (Phi) is 5.60. The number of hydrogen-bond donors (Lipinski definition) is 0. The van der Waals surface area contributed by atoms with Crippen molar-refractivity contribution in [2.45, 2.75) is 32.6 Å². The molecule has 0 amide bonds. The van der Waals surface area contributed by atoms with Crippen LogP contribution in [-0.4, -0.2) is 7.11 Å². The minimum atomic E-state index is 0.946. The molecule has 0 saturated heterocycles. The average molecular weight is 204 g/mol. The zero-order valence-corrected chi connectivity index (χ0v) is 9.70. The fourth-order valence-corrected chi connectivity index (χ4v) is 1.50. The predicted molar refractivity (Wildman–Crippen MR) is 64.9 cm³/mol. The van der Waals surface area contributed by atoms with E-state index in [2.05, 4.69) is 31.2 Å². The lowest BCUT2D eigenvalue weighted by molar-refractivity contribution is 0.337. The summed E-state index contributed by atoms with van der Waals surface area (Å²) in [5, 5.41) is 0. The van der Waals surface area contributed by atoms with E-state index in [1.54, 1.807) is 13.4 Å². The topological polar surface area (TPSA) is 9.23 Å². The van der Waals surface area contributed by atoms with E-state index in [4.69, 9.17) is 4.74 Å². The fourth-order valence-electron chi connectivity index (χ4n) is 1.50. The van der Waals surface area contributed by atoms with E-state index >= 15 is 0 Å². The van der Waals surface area contributed by atoms with Gasteiger partial charge in [0.25, 0.3) is 0 Å². The van der Waals surface area contributed by atoms with Crippen LogP contribution in [0.25, 0.3) is 0 Å². The molecule has 0 atom stereocenters. The molecular formula is C14H20O. The van der Waals surface area contributed by atoms with Gasteiger partial charge in [-0.1, -0.05) is 37.6 Å². The first-order chi connectivity index (χ1) is 7.36. The van der Waals surface area contributed by atoms with Gasteiger partial charge in [0, 0.05) is 0 Å². The summed E-state index contributed by atoms with van der Waals surface area (Å²) in [6.45, 7) is 2.23. The third kappa shape index (κ3) is 4.68. The molecule has 1 rings (SSSR count). The highest BCUT2D eigenvalue weighted by atomic mass is 16.5. The third-order valence-electron chi connectivity index (χ3n) is 2.43. The summed E-state index contributed by atoms with van der Waals surface area (Å²) < 4.78 is 4.86. The van der Waals surface area contributed by atoms with Crippen molar-refractivity contribution in [1.82, 2.24) is 0 Å². The SMILES string of the molecule is CCCCc1ccc(CC=COC)cc1. The second-order valence-corrected chi connectivity index (χ2v) is 3.73. The predicted octanol–water partition coefficient (Wildman–Crippen LogP) is 3.73. The van der Waals surface area contributed by atoms with Crippen molar-refractivity contribution in [3.05, 3.63) is 47.7 Å². The molecule has 0 aliphatic heterocycles. The zero-order valence-electron chi connectivity index (χ0n) is 9.70. The molecule has 1 aromatic carbocycles. The highest BCUT2D eigenvalue weighted by Gasteiger charge is 1.93. The Morgan fingerprint density at radius 2 is 1.80 bits per heavy atom. The largest absolute Gasteiger partial charge is 0.505 e. The Hall–Kier alpha value is -1.24. The summed E-state index contributed by atoms with van der Waals surface area (Å²) in [4.78, 5) is 0. The van der Waals surface area contributed by atoms with Gasteiger partial charge in [-0.3, -0.25) is 0 Å². The molecule has 15 heavy (non-hydrogen) atoms. The molecule has 0 aromatic heterocycles. The molecule has 0 aliphatic carbocycles. The van der Waals surface area contributed by atoms with Gasteiger partial charge in [0.15, 0.2) is 0 Å². The lowest BCUT2D eigenvalue weighted by Crippen LogP contribution is -1.86. The van der Waals surface area contributed by atoms with E-state index in [1.807, 2.05) is 6.08 Å². The monoisotopic (exact) mass is 204 g/mol. The molecule has 1 aromatic rings. The number of aryl methyl sites for hydroxylation is 1. The number of methoxy groups -OCH3 is 1. The van der Waals surface area contributed by atoms with Gasteiger partial charge in [-0.2, -0.15) is 0 Å². The van der Waals surface area contributed by atoms with Gasteiger partial charge in [0.2, 0.25) is 0 Å². The van der Waals surface area contributed by atoms with Crippen molar-refractivity contribution in [1.29, 1.82) is 0 Å². The minimum Gasteiger partial charge on any atom is -0.505 e. The van der Waals surface area contributed by atoms with E-state index in [9.17, 15) is 0 Å². The standard InChI is InChI=1S/C14H20O/c1-3-4-6-13-8-10-14(11-9-13)7-5-12-15-2/h5,8-12H,3-4,6-7H2,1-2H3. The maximum absolute atomic E-state index is 4.86. The van der Waals surface area contributed by atoms with E-state index < -0.39 is 0 Å². The van der Waals surface area contributed by atoms with Gasteiger partial charge in [-0.25, -0.2) is 0 Å². The summed E-state index contributed by atoms with van der Waals surface area (Å²) in [6.07, 6.45) is 8.44. The van der Waals surface area contributed by atoms with Crippen molar-refractivity contribution in [2.75, 3.05) is 7.11 Å². The first kappa shape index (κ1) is 11.8. The normalized spacial score (nSPS) is 10.8. The molecule has 0 spiro atoms. The third-order valence-corrected chi connectivity index (χ3v) is 2.43. The first-order valence-electron chi connectivity index (χ1n) is 5.62. The van der Waals surface area contributed by atoms with Gasteiger partial charge < -0.3 is 4.74 Å². The fraction of sp³-hybridized carbons (Fsp3) is 0.429. The number of benzene rings is 1. The Morgan fingerprint density at radius 1 is 1.13 bits per heavy atom. The molecule has 1 nitrogen and oxygen atoms in total. The highest BCUT2D eigenvalue weighted by molar-refractivity contribution is 5.24. The molecule has 0 unspecified atom stereocenters. The first-order valence-corrected chi connectivity index (χ1v) is 5.62. The highest BCUT2D eigenvalue weighted by Crippen LogP contribution is 2.08. The summed E-state index contributed by atoms with van der Waals surface area (Å²) in [6, 6.07) is 8.85. The smallest absolute Gasteiger partial charge is 0.0788 e. The summed E-state index contributed by atoms with van der Waals surface area (Å²) >= 11 is 0. The number of unbranched alkanes of at least 4 members (excludes halogenated alkanes) is 1. The van der Waals surface area contributed by atoms with Crippen molar-refractivity contribution < 1.29 is 4.74 Å². The molecule has 0 saturated carbocycles. The van der Waals surface area contributed by atoms with Gasteiger partial charge >= 0.3 is 0 Å². The van der Waals surface area contributed by atoms with Crippen LogP contribution in [0.5, 0.6) is 0 Å². The Labute approximate surface area is 92.8 Å². The Morgan fingerprint density at radius 3 is 2.40 bits per heavy atom. The maximum Gasteiger partial charge on any atom is 0.0788 e. The summed E-state index contributed by atoms with van der Waals surface area (Å²) in [5.74, 6) is 0. The van der Waals surface area contributed by atoms with Crippen molar-refractivity contribution in [3.63, 3.8) is 0 Å². The molecule has 0 fully saturated rings. The van der Waals surface area contributed by atoms with Gasteiger partial charge in [-0.05, 0) is 36.5 Å². The van der Waals surface area contributed by atoms with Crippen LogP contribution < -0.4 is 0 Å². The number of rotatable bonds is 6. The molecule has 1 heteroatoms. The summed E-state index contributed by atoms with van der Waals surface area (Å²) in [7, 11) is 1.67. The zero-order chi connectivity index (χ0) is 10.9. The van der Waals surface area contributed by atoms with Crippen LogP contribution in [-0.2, 0) is 17.6 Å². The second kappa shape index (κ2) is 7.10. The van der Waals surface area contributed by atoms with Crippen LogP contribution in [0.2, 0.25) is 0 Å². The molecule has 0 radical (unpaired) electrons. The Bertz CT molecular complexity index is 285. The maximum atomic E-state index is 4.86. The van der Waals surface area contributed by atoms with Crippen molar-refractivity contribution >= 4 is 0 Å². The van der Waals surface area contributed by atoms with Crippen LogP contribution in [0.1, 0.15) is 30.9 Å². The molecule has 0 bridgehead atoms. The van der Waals surface area contributed by atoms with Crippen LogP contribution in [0.4, 0.5) is 0 Å². The van der Waals surface area contributed by atoms with Gasteiger partial charge in [-0.15, -0.1) is 0 Å². The van der Waals surface area contributed by atoms with E-state index in [0.717, 1.165) is 6.42 Å². The molecule has 0 aliphatic rings. The van der Waals surface area contributed by atoms with E-state index in [0.29, 0.717) is 0 Å². The lowest BCUT2D eigenvalue weighted by atomic mass is 10.1. The van der Waals surface area contributed by atoms with Gasteiger partial charge in [0.1, 0.15) is 0 Å². The van der Waals surface area contributed by atoms with Crippen LogP contribution >= 0.6 is 0 Å². The molecule has 0 N–H and O–H groups in total. The number of allylic oxidation sites excluding steroid dienone is 1. The quantitative estimate of drug-likeness (QED) is 0.641. The minimum absolute atomic E-state index is 0.946.